The topological polar surface area (TPSA) is 55.4 Å². The fourth-order valence-electron chi connectivity index (χ4n) is 1.67. The average molecular weight is 309 g/mol. The monoisotopic (exact) mass is 309 g/mol. The third-order valence-corrected chi connectivity index (χ3v) is 4.09. The zero-order valence-electron chi connectivity index (χ0n) is 13.0. The molecule has 0 fully saturated rings. The minimum Gasteiger partial charge on any atom is -0.465 e. The number of benzene rings is 1. The lowest BCUT2D eigenvalue weighted by Crippen LogP contribution is -2.24. The van der Waals surface area contributed by atoms with E-state index in [1.807, 2.05) is 24.3 Å². The van der Waals surface area contributed by atoms with E-state index in [0.29, 0.717) is 12.5 Å². The van der Waals surface area contributed by atoms with Crippen LogP contribution in [-0.4, -0.2) is 29.5 Å². The van der Waals surface area contributed by atoms with Crippen molar-refractivity contribution in [3.8, 4) is 0 Å². The quantitative estimate of drug-likeness (QED) is 0.784. The summed E-state index contributed by atoms with van der Waals surface area (Å²) >= 11 is 1.27. The molecule has 1 aromatic rings. The maximum absolute atomic E-state index is 12.0. The Hall–Kier alpha value is -1.49. The molecule has 116 valence electrons. The van der Waals surface area contributed by atoms with Gasteiger partial charge >= 0.3 is 5.97 Å². The lowest BCUT2D eigenvalue weighted by molar-refractivity contribution is -0.139. The Bertz CT molecular complexity index is 471. The zero-order valence-corrected chi connectivity index (χ0v) is 13.8. The minimum atomic E-state index is -0.306. The van der Waals surface area contributed by atoms with Gasteiger partial charge in [0.1, 0.15) is 0 Å². The molecule has 1 N–H and O–H groups in total. The Morgan fingerprint density at radius 3 is 2.33 bits per heavy atom. The summed E-state index contributed by atoms with van der Waals surface area (Å²) in [5.41, 5.74) is 2.01. The van der Waals surface area contributed by atoms with Crippen molar-refractivity contribution < 1.29 is 14.3 Å². The van der Waals surface area contributed by atoms with Gasteiger partial charge in [0.15, 0.2) is 0 Å². The average Bonchev–Trinajstić information content (AvgIpc) is 2.45. The number of nitrogens with one attached hydrogen (secondary N) is 1. The number of carbonyl (C=O) groups is 2. The molecule has 0 bridgehead atoms. The second-order valence-electron chi connectivity index (χ2n) is 5.02. The molecule has 0 aromatic heterocycles. The van der Waals surface area contributed by atoms with Crippen LogP contribution in [-0.2, 0) is 14.3 Å². The van der Waals surface area contributed by atoms with Crippen molar-refractivity contribution >= 4 is 29.3 Å². The van der Waals surface area contributed by atoms with Crippen LogP contribution in [0.4, 0.5) is 5.69 Å². The van der Waals surface area contributed by atoms with Crippen LogP contribution in [0.15, 0.2) is 24.3 Å². The second kappa shape index (κ2) is 8.72. The molecule has 0 saturated heterocycles. The van der Waals surface area contributed by atoms with Gasteiger partial charge in [0.25, 0.3) is 0 Å². The van der Waals surface area contributed by atoms with Gasteiger partial charge < -0.3 is 10.1 Å². The van der Waals surface area contributed by atoms with E-state index in [2.05, 4.69) is 19.2 Å². The van der Waals surface area contributed by atoms with Gasteiger partial charge in [-0.2, -0.15) is 0 Å². The van der Waals surface area contributed by atoms with Gasteiger partial charge in [-0.15, -0.1) is 11.8 Å². The van der Waals surface area contributed by atoms with Gasteiger partial charge in [0.2, 0.25) is 5.91 Å². The number of ether oxygens (including phenoxy) is 1. The number of amides is 1. The minimum absolute atomic E-state index is 0.110. The van der Waals surface area contributed by atoms with Crippen LogP contribution in [0.25, 0.3) is 0 Å². The maximum Gasteiger partial charge on any atom is 0.315 e. The molecule has 0 spiro atoms. The van der Waals surface area contributed by atoms with Gasteiger partial charge in [-0.3, -0.25) is 9.59 Å². The molecule has 0 aliphatic carbocycles. The molecule has 21 heavy (non-hydrogen) atoms. The number of carbonyl (C=O) groups excluding carboxylic acids is 2. The first-order chi connectivity index (χ1) is 9.93. The molecular weight excluding hydrogens is 286 g/mol. The van der Waals surface area contributed by atoms with Gasteiger partial charge in [-0.05, 0) is 37.5 Å². The van der Waals surface area contributed by atoms with E-state index in [1.165, 1.54) is 17.3 Å². The standard InChI is InChI=1S/C16H23NO3S/c1-5-20-15(18)10-21-12(4)16(19)17-14-8-6-13(7-9-14)11(2)3/h6-9,11-12H,5,10H2,1-4H3,(H,17,19)/t12-/m0/s1. The predicted molar refractivity (Wildman–Crippen MR) is 87.7 cm³/mol. The fraction of sp³-hybridized carbons (Fsp3) is 0.500. The molecule has 1 atom stereocenters. The Kier molecular flexibility index (Phi) is 7.29. The first-order valence-electron chi connectivity index (χ1n) is 7.12. The summed E-state index contributed by atoms with van der Waals surface area (Å²) < 4.78 is 4.83. The lowest BCUT2D eigenvalue weighted by atomic mass is 10.0. The van der Waals surface area contributed by atoms with Crippen LogP contribution in [0.3, 0.4) is 0 Å². The highest BCUT2D eigenvalue weighted by molar-refractivity contribution is 8.01. The summed E-state index contributed by atoms with van der Waals surface area (Å²) in [5, 5.41) is 2.55. The van der Waals surface area contributed by atoms with E-state index < -0.39 is 0 Å². The molecule has 0 radical (unpaired) electrons. The SMILES string of the molecule is CCOC(=O)CS[C@@H](C)C(=O)Nc1ccc(C(C)C)cc1. The van der Waals surface area contributed by atoms with Crippen LogP contribution in [0.2, 0.25) is 0 Å². The molecule has 1 amide bonds. The summed E-state index contributed by atoms with van der Waals surface area (Å²) in [5.74, 6) is 0.258. The highest BCUT2D eigenvalue weighted by atomic mass is 32.2. The lowest BCUT2D eigenvalue weighted by Gasteiger charge is -2.12. The van der Waals surface area contributed by atoms with Crippen LogP contribution in [0.1, 0.15) is 39.2 Å². The Morgan fingerprint density at radius 2 is 1.81 bits per heavy atom. The molecule has 1 rings (SSSR count). The van der Waals surface area contributed by atoms with Gasteiger partial charge in [0, 0.05) is 5.69 Å². The predicted octanol–water partition coefficient (Wildman–Crippen LogP) is 3.43. The maximum atomic E-state index is 12.0. The second-order valence-corrected chi connectivity index (χ2v) is 6.35. The summed E-state index contributed by atoms with van der Waals surface area (Å²) in [6.07, 6.45) is 0. The smallest absolute Gasteiger partial charge is 0.315 e. The Labute approximate surface area is 130 Å². The summed E-state index contributed by atoms with van der Waals surface area (Å²) in [6.45, 7) is 8.16. The van der Waals surface area contributed by atoms with Gasteiger partial charge in [-0.1, -0.05) is 26.0 Å². The molecule has 5 heteroatoms. The first kappa shape index (κ1) is 17.6. The largest absolute Gasteiger partial charge is 0.465 e. The van der Waals surface area contributed by atoms with E-state index in [0.717, 1.165) is 5.69 Å². The highest BCUT2D eigenvalue weighted by Gasteiger charge is 2.15. The molecule has 0 aliphatic heterocycles. The zero-order chi connectivity index (χ0) is 15.8. The third-order valence-electron chi connectivity index (χ3n) is 2.97. The number of esters is 1. The van der Waals surface area contributed by atoms with Crippen LogP contribution >= 0.6 is 11.8 Å². The first-order valence-corrected chi connectivity index (χ1v) is 8.17. The number of rotatable bonds is 7. The van der Waals surface area contributed by atoms with Crippen LogP contribution in [0, 0.1) is 0 Å². The van der Waals surface area contributed by atoms with E-state index in [4.69, 9.17) is 4.74 Å². The molecule has 4 nitrogen and oxygen atoms in total. The third kappa shape index (κ3) is 6.21. The number of hydrogen-bond donors (Lipinski definition) is 1. The van der Waals surface area contributed by atoms with Crippen molar-refractivity contribution in [1.29, 1.82) is 0 Å². The van der Waals surface area contributed by atoms with Crippen molar-refractivity contribution in [2.75, 3.05) is 17.7 Å². The fourth-order valence-corrected chi connectivity index (χ4v) is 2.35. The molecule has 0 aliphatic rings. The highest BCUT2D eigenvalue weighted by Crippen LogP contribution is 2.18. The van der Waals surface area contributed by atoms with E-state index in [9.17, 15) is 9.59 Å². The van der Waals surface area contributed by atoms with E-state index in [1.54, 1.807) is 13.8 Å². The summed E-state index contributed by atoms with van der Waals surface area (Å²) in [7, 11) is 0. The van der Waals surface area contributed by atoms with Crippen molar-refractivity contribution in [2.24, 2.45) is 0 Å². The van der Waals surface area contributed by atoms with Crippen LogP contribution in [0.5, 0.6) is 0 Å². The number of thioether (sulfide) groups is 1. The molecule has 0 unspecified atom stereocenters. The summed E-state index contributed by atoms with van der Waals surface area (Å²) in [4.78, 5) is 23.3. The van der Waals surface area contributed by atoms with Gasteiger partial charge in [0.05, 0.1) is 17.6 Å². The van der Waals surface area contributed by atoms with E-state index in [-0.39, 0.29) is 22.9 Å². The van der Waals surface area contributed by atoms with Crippen molar-refractivity contribution in [3.05, 3.63) is 29.8 Å². The van der Waals surface area contributed by atoms with Crippen molar-refractivity contribution in [1.82, 2.24) is 0 Å². The molecular formula is C16H23NO3S. The van der Waals surface area contributed by atoms with Crippen molar-refractivity contribution in [2.45, 2.75) is 38.9 Å². The molecule has 1 aromatic carbocycles. The number of anilines is 1. The Balaban J connectivity index is 2.46. The summed E-state index contributed by atoms with van der Waals surface area (Å²) in [6, 6.07) is 7.82. The number of hydrogen-bond acceptors (Lipinski definition) is 4. The van der Waals surface area contributed by atoms with E-state index >= 15 is 0 Å². The Morgan fingerprint density at radius 1 is 1.19 bits per heavy atom. The van der Waals surface area contributed by atoms with Gasteiger partial charge in [-0.25, -0.2) is 0 Å². The van der Waals surface area contributed by atoms with Crippen LogP contribution < -0.4 is 5.32 Å². The van der Waals surface area contributed by atoms with Crippen molar-refractivity contribution in [3.63, 3.8) is 0 Å². The molecule has 0 heterocycles. The normalized spacial score (nSPS) is 12.0. The molecule has 0 saturated carbocycles.